The van der Waals surface area contributed by atoms with Crippen LogP contribution in [0.1, 0.15) is 27.2 Å². The van der Waals surface area contributed by atoms with Gasteiger partial charge in [-0.3, -0.25) is 4.79 Å². The zero-order chi connectivity index (χ0) is 22.7. The number of carbonyl (C=O) groups is 1. The minimum absolute atomic E-state index is 0.208. The number of benzene rings is 3. The van der Waals surface area contributed by atoms with Crippen LogP contribution in [-0.2, 0) is 6.61 Å². The monoisotopic (exact) mass is 714 g/mol. The van der Waals surface area contributed by atoms with E-state index in [1.54, 1.807) is 12.3 Å². The van der Waals surface area contributed by atoms with Crippen LogP contribution in [0.4, 0.5) is 0 Å². The molecule has 1 amide bonds. The van der Waals surface area contributed by atoms with Crippen LogP contribution in [0.25, 0.3) is 11.0 Å². The van der Waals surface area contributed by atoms with E-state index in [9.17, 15) is 4.79 Å². The van der Waals surface area contributed by atoms with Crippen LogP contribution in [0, 0.1) is 14.1 Å². The van der Waals surface area contributed by atoms with Gasteiger partial charge in [0.05, 0.1) is 13.4 Å². The number of halogens is 3. The van der Waals surface area contributed by atoms with Crippen molar-refractivity contribution in [2.75, 3.05) is 0 Å². The molecule has 4 rings (SSSR count). The molecule has 0 unspecified atom stereocenters. The van der Waals surface area contributed by atoms with Crippen LogP contribution in [0.3, 0.4) is 0 Å². The number of carbonyl (C=O) groups excluding carboxylic acids is 1. The molecule has 3 aromatic carbocycles. The van der Waals surface area contributed by atoms with Gasteiger partial charge in [-0.15, -0.1) is 0 Å². The topological polar surface area (TPSA) is 63.8 Å². The summed E-state index contributed by atoms with van der Waals surface area (Å²) >= 11 is 7.91. The van der Waals surface area contributed by atoms with E-state index in [1.807, 2.05) is 36.4 Å². The average molecular weight is 715 g/mol. The minimum Gasteiger partial charge on any atom is -0.487 e. The lowest BCUT2D eigenvalue weighted by Crippen LogP contribution is -2.16. The van der Waals surface area contributed by atoms with Crippen LogP contribution < -0.4 is 10.2 Å². The number of aryl methyl sites for hydroxylation is 1. The standard InChI is InChI=1S/C24H17BrI2N2O3/c1-14-3-2-4-15(7-14)13-31-23-19(26)8-16(9-20(23)27)12-28-29-24(30)22-11-17-10-18(25)5-6-21(17)32-22/h2-12H,13H2,1H3,(H,29,30)/b28-12+. The Bertz CT molecular complexity index is 1310. The van der Waals surface area contributed by atoms with Crippen molar-refractivity contribution in [2.24, 2.45) is 5.10 Å². The van der Waals surface area contributed by atoms with Gasteiger partial charge >= 0.3 is 5.91 Å². The Balaban J connectivity index is 1.41. The van der Waals surface area contributed by atoms with Crippen molar-refractivity contribution in [3.05, 3.63) is 94.7 Å². The lowest BCUT2D eigenvalue weighted by molar-refractivity contribution is 0.0929. The summed E-state index contributed by atoms with van der Waals surface area (Å²) in [6.45, 7) is 2.57. The van der Waals surface area contributed by atoms with Gasteiger partial charge in [-0.05, 0) is 99.6 Å². The molecule has 1 N–H and O–H groups in total. The highest BCUT2D eigenvalue weighted by Gasteiger charge is 2.12. The third-order valence-electron chi connectivity index (χ3n) is 4.57. The second-order valence-corrected chi connectivity index (χ2v) is 10.3. The summed E-state index contributed by atoms with van der Waals surface area (Å²) in [6, 6.07) is 19.4. The van der Waals surface area contributed by atoms with E-state index in [-0.39, 0.29) is 5.76 Å². The zero-order valence-corrected chi connectivity index (χ0v) is 22.8. The van der Waals surface area contributed by atoms with Crippen molar-refractivity contribution >= 4 is 84.2 Å². The Hall–Kier alpha value is -1.92. The maximum atomic E-state index is 12.4. The van der Waals surface area contributed by atoms with Crippen LogP contribution in [0.5, 0.6) is 5.75 Å². The number of amides is 1. The number of hydrogen-bond acceptors (Lipinski definition) is 4. The zero-order valence-electron chi connectivity index (χ0n) is 16.9. The second-order valence-electron chi connectivity index (χ2n) is 7.08. The van der Waals surface area contributed by atoms with Crippen LogP contribution in [-0.4, -0.2) is 12.1 Å². The fourth-order valence-corrected chi connectivity index (χ4v) is 5.60. The number of rotatable bonds is 6. The normalized spacial score (nSPS) is 11.2. The number of nitrogens with zero attached hydrogens (tertiary/aromatic N) is 1. The van der Waals surface area contributed by atoms with Gasteiger partial charge in [0, 0.05) is 9.86 Å². The first-order valence-electron chi connectivity index (χ1n) is 9.59. The molecule has 0 spiro atoms. The molecule has 1 heterocycles. The van der Waals surface area contributed by atoms with Gasteiger partial charge in [-0.1, -0.05) is 45.8 Å². The summed E-state index contributed by atoms with van der Waals surface area (Å²) in [5, 5.41) is 4.93. The van der Waals surface area contributed by atoms with E-state index in [1.165, 1.54) is 5.56 Å². The predicted octanol–water partition coefficient (Wildman–Crippen LogP) is 7.06. The second kappa shape index (κ2) is 10.3. The fraction of sp³-hybridized carbons (Fsp3) is 0.0833. The SMILES string of the molecule is Cc1cccc(COc2c(I)cc(/C=N/NC(=O)c3cc4cc(Br)ccc4o3)cc2I)c1. The van der Waals surface area contributed by atoms with E-state index in [0.29, 0.717) is 12.2 Å². The van der Waals surface area contributed by atoms with Crippen molar-refractivity contribution in [1.29, 1.82) is 0 Å². The molecular weight excluding hydrogens is 698 g/mol. The van der Waals surface area contributed by atoms with Gasteiger partial charge in [0.2, 0.25) is 0 Å². The highest BCUT2D eigenvalue weighted by Crippen LogP contribution is 2.29. The summed E-state index contributed by atoms with van der Waals surface area (Å²) in [7, 11) is 0. The van der Waals surface area contributed by atoms with Crippen LogP contribution >= 0.6 is 61.1 Å². The molecule has 162 valence electrons. The highest BCUT2D eigenvalue weighted by molar-refractivity contribution is 14.1. The summed E-state index contributed by atoms with van der Waals surface area (Å²) < 4.78 is 14.5. The Morgan fingerprint density at radius 1 is 1.12 bits per heavy atom. The van der Waals surface area contributed by atoms with E-state index in [2.05, 4.69) is 96.8 Å². The molecule has 0 fully saturated rings. The Morgan fingerprint density at radius 2 is 1.91 bits per heavy atom. The molecule has 0 radical (unpaired) electrons. The van der Waals surface area contributed by atoms with Crippen LogP contribution in [0.15, 0.2) is 74.7 Å². The molecule has 5 nitrogen and oxygen atoms in total. The summed E-state index contributed by atoms with van der Waals surface area (Å²) in [6.07, 6.45) is 1.60. The third kappa shape index (κ3) is 5.70. The van der Waals surface area contributed by atoms with Crippen molar-refractivity contribution in [3.8, 4) is 5.75 Å². The average Bonchev–Trinajstić information content (AvgIpc) is 3.16. The number of nitrogens with one attached hydrogen (secondary N) is 1. The third-order valence-corrected chi connectivity index (χ3v) is 6.66. The molecule has 0 saturated carbocycles. The van der Waals surface area contributed by atoms with Gasteiger partial charge < -0.3 is 9.15 Å². The molecule has 1 aromatic heterocycles. The van der Waals surface area contributed by atoms with E-state index in [4.69, 9.17) is 9.15 Å². The molecule has 32 heavy (non-hydrogen) atoms. The molecule has 0 aliphatic rings. The van der Waals surface area contributed by atoms with Gasteiger partial charge in [0.25, 0.3) is 0 Å². The van der Waals surface area contributed by atoms with Crippen molar-refractivity contribution in [1.82, 2.24) is 5.43 Å². The molecule has 4 aromatic rings. The maximum absolute atomic E-state index is 12.4. The fourth-order valence-electron chi connectivity index (χ4n) is 3.10. The van der Waals surface area contributed by atoms with E-state index < -0.39 is 5.91 Å². The van der Waals surface area contributed by atoms with E-state index in [0.717, 1.165) is 33.9 Å². The molecule has 0 saturated heterocycles. The molecule has 0 atom stereocenters. The first-order valence-corrected chi connectivity index (χ1v) is 12.5. The number of fused-ring (bicyclic) bond motifs is 1. The maximum Gasteiger partial charge on any atom is 0.307 e. The van der Waals surface area contributed by atoms with Crippen LogP contribution in [0.2, 0.25) is 0 Å². The largest absolute Gasteiger partial charge is 0.487 e. The molecule has 0 aliphatic heterocycles. The van der Waals surface area contributed by atoms with E-state index >= 15 is 0 Å². The molecule has 0 bridgehead atoms. The van der Waals surface area contributed by atoms with Gasteiger partial charge in [0.1, 0.15) is 17.9 Å². The van der Waals surface area contributed by atoms with Crippen molar-refractivity contribution < 1.29 is 13.9 Å². The Kier molecular flexibility index (Phi) is 7.51. The quantitative estimate of drug-likeness (QED) is 0.132. The first-order chi connectivity index (χ1) is 15.4. The predicted molar refractivity (Wildman–Crippen MR) is 146 cm³/mol. The number of hydrazone groups is 1. The highest BCUT2D eigenvalue weighted by atomic mass is 127. The van der Waals surface area contributed by atoms with Gasteiger partial charge in [0.15, 0.2) is 5.76 Å². The van der Waals surface area contributed by atoms with Gasteiger partial charge in [-0.25, -0.2) is 5.43 Å². The lowest BCUT2D eigenvalue weighted by Gasteiger charge is -2.12. The van der Waals surface area contributed by atoms with Crippen molar-refractivity contribution in [3.63, 3.8) is 0 Å². The Labute approximate surface area is 221 Å². The number of hydrogen-bond donors (Lipinski definition) is 1. The Morgan fingerprint density at radius 3 is 2.66 bits per heavy atom. The summed E-state index contributed by atoms with van der Waals surface area (Å²) in [4.78, 5) is 12.4. The summed E-state index contributed by atoms with van der Waals surface area (Å²) in [5.74, 6) is 0.637. The minimum atomic E-state index is -0.406. The lowest BCUT2D eigenvalue weighted by atomic mass is 10.1. The molecule has 8 heteroatoms. The first kappa shape index (κ1) is 23.2. The molecular formula is C24H17BrI2N2O3. The number of furan rings is 1. The summed E-state index contributed by atoms with van der Waals surface area (Å²) in [5.41, 5.74) is 6.36. The van der Waals surface area contributed by atoms with Gasteiger partial charge in [-0.2, -0.15) is 5.10 Å². The number of ether oxygens (including phenoxy) is 1. The smallest absolute Gasteiger partial charge is 0.307 e. The molecule has 0 aliphatic carbocycles. The van der Waals surface area contributed by atoms with Crippen molar-refractivity contribution in [2.45, 2.75) is 13.5 Å².